The van der Waals surface area contributed by atoms with Crippen LogP contribution in [0.1, 0.15) is 42.5 Å². The van der Waals surface area contributed by atoms with E-state index in [0.717, 1.165) is 77.9 Å². The molecular weight excluding hydrogens is 454 g/mol. The number of halogens is 1. The molecule has 0 saturated carbocycles. The van der Waals surface area contributed by atoms with Crippen molar-refractivity contribution in [3.63, 3.8) is 0 Å². The molecule has 0 aliphatic carbocycles. The molecule has 0 unspecified atom stereocenters. The average molecular weight is 490 g/mol. The molecule has 0 aromatic heterocycles. The molecule has 0 atom stereocenters. The molecular formula is C25H36ClN5O3. The van der Waals surface area contributed by atoms with E-state index in [1.807, 2.05) is 9.80 Å². The molecule has 0 radical (unpaired) electrons. The topological polar surface area (TPSA) is 91.1 Å². The Bertz CT molecular complexity index is 908. The zero-order valence-electron chi connectivity index (χ0n) is 20.0. The number of rotatable bonds is 5. The predicted molar refractivity (Wildman–Crippen MR) is 134 cm³/mol. The van der Waals surface area contributed by atoms with Crippen molar-refractivity contribution in [1.29, 1.82) is 0 Å². The summed E-state index contributed by atoms with van der Waals surface area (Å²) in [6.07, 6.45) is 9.14. The maximum atomic E-state index is 12.8. The number of nitrogens with zero attached hydrogens (tertiary/aromatic N) is 3. The molecule has 0 bridgehead atoms. The average Bonchev–Trinajstić information content (AvgIpc) is 2.87. The van der Waals surface area contributed by atoms with Crippen molar-refractivity contribution in [3.8, 4) is 5.75 Å². The molecule has 0 spiro atoms. The smallest absolute Gasteiger partial charge is 0.320 e. The maximum absolute atomic E-state index is 12.8. The number of hydrogen-bond acceptors (Lipinski definition) is 5. The Balaban J connectivity index is 1.19. The molecule has 3 amide bonds. The van der Waals surface area contributed by atoms with Crippen molar-refractivity contribution in [2.24, 2.45) is 5.92 Å². The van der Waals surface area contributed by atoms with Crippen LogP contribution in [0.2, 0.25) is 5.02 Å². The van der Waals surface area contributed by atoms with Crippen LogP contribution in [0.25, 0.3) is 0 Å². The van der Waals surface area contributed by atoms with Crippen LogP contribution < -0.4 is 15.8 Å². The number of benzene rings is 1. The van der Waals surface area contributed by atoms with Crippen molar-refractivity contribution >= 4 is 29.2 Å². The molecule has 34 heavy (non-hydrogen) atoms. The first kappa shape index (κ1) is 24.7. The SMILES string of the molecule is COc1cc(N)c(Cl)cc1C(=O)NC1CCN(CC2CCN(C(=O)N3CC=CCC3)CC2)CC1. The molecule has 8 nitrogen and oxygen atoms in total. The van der Waals surface area contributed by atoms with Crippen molar-refractivity contribution in [2.75, 3.05) is 58.7 Å². The summed E-state index contributed by atoms with van der Waals surface area (Å²) < 4.78 is 5.31. The molecule has 1 aromatic carbocycles. The van der Waals surface area contributed by atoms with E-state index in [1.165, 1.54) is 7.11 Å². The predicted octanol–water partition coefficient (Wildman–Crippen LogP) is 3.22. The number of anilines is 1. The molecule has 3 N–H and O–H groups in total. The van der Waals surface area contributed by atoms with Crippen molar-refractivity contribution in [1.82, 2.24) is 20.0 Å². The number of piperidine rings is 2. The Labute approximate surface area is 207 Å². The van der Waals surface area contributed by atoms with Gasteiger partial charge < -0.3 is 30.5 Å². The van der Waals surface area contributed by atoms with Gasteiger partial charge in [-0.05, 0) is 44.1 Å². The number of carbonyl (C=O) groups is 2. The maximum Gasteiger partial charge on any atom is 0.320 e. The van der Waals surface area contributed by atoms with E-state index in [4.69, 9.17) is 22.1 Å². The van der Waals surface area contributed by atoms with Gasteiger partial charge in [-0.15, -0.1) is 0 Å². The van der Waals surface area contributed by atoms with Crippen molar-refractivity contribution < 1.29 is 14.3 Å². The summed E-state index contributed by atoms with van der Waals surface area (Å²) in [7, 11) is 1.52. The highest BCUT2D eigenvalue weighted by molar-refractivity contribution is 6.33. The van der Waals surface area contributed by atoms with Gasteiger partial charge in [-0.1, -0.05) is 23.8 Å². The Kier molecular flexibility index (Phi) is 8.21. The van der Waals surface area contributed by atoms with Crippen LogP contribution in [0.3, 0.4) is 0 Å². The number of hydrogen-bond donors (Lipinski definition) is 2. The van der Waals surface area contributed by atoms with E-state index in [2.05, 4.69) is 22.4 Å². The lowest BCUT2D eigenvalue weighted by Gasteiger charge is -2.39. The highest BCUT2D eigenvalue weighted by atomic mass is 35.5. The second kappa shape index (κ2) is 11.3. The number of amides is 3. The molecule has 4 rings (SSSR count). The third kappa shape index (κ3) is 5.96. The summed E-state index contributed by atoms with van der Waals surface area (Å²) in [5, 5.41) is 3.48. The molecule has 3 aliphatic heterocycles. The minimum absolute atomic E-state index is 0.128. The quantitative estimate of drug-likeness (QED) is 0.489. The number of ether oxygens (including phenoxy) is 1. The first-order valence-corrected chi connectivity index (χ1v) is 12.7. The van der Waals surface area contributed by atoms with Crippen LogP contribution >= 0.6 is 11.6 Å². The molecule has 9 heteroatoms. The van der Waals surface area contributed by atoms with Crippen molar-refractivity contribution in [3.05, 3.63) is 34.9 Å². The second-order valence-corrected chi connectivity index (χ2v) is 9.95. The van der Waals surface area contributed by atoms with Gasteiger partial charge in [0.25, 0.3) is 5.91 Å². The van der Waals surface area contributed by atoms with Crippen LogP contribution in [0.15, 0.2) is 24.3 Å². The van der Waals surface area contributed by atoms with E-state index in [9.17, 15) is 9.59 Å². The molecule has 186 valence electrons. The van der Waals surface area contributed by atoms with E-state index in [0.29, 0.717) is 27.9 Å². The lowest BCUT2D eigenvalue weighted by molar-refractivity contribution is 0.0885. The van der Waals surface area contributed by atoms with E-state index in [-0.39, 0.29) is 18.0 Å². The number of methoxy groups -OCH3 is 1. The second-order valence-electron chi connectivity index (χ2n) is 9.54. The van der Waals surface area contributed by atoms with Gasteiger partial charge in [0, 0.05) is 57.9 Å². The summed E-state index contributed by atoms with van der Waals surface area (Å²) in [4.78, 5) is 32.0. The Morgan fingerprint density at radius 3 is 2.44 bits per heavy atom. The third-order valence-electron chi connectivity index (χ3n) is 7.22. The fourth-order valence-corrected chi connectivity index (χ4v) is 5.29. The van der Waals surface area contributed by atoms with Gasteiger partial charge in [-0.3, -0.25) is 4.79 Å². The van der Waals surface area contributed by atoms with Crippen LogP contribution in [0, 0.1) is 5.92 Å². The van der Waals surface area contributed by atoms with Gasteiger partial charge in [-0.2, -0.15) is 0 Å². The largest absolute Gasteiger partial charge is 0.496 e. The molecule has 2 saturated heterocycles. The van der Waals surface area contributed by atoms with Crippen molar-refractivity contribution in [2.45, 2.75) is 38.1 Å². The van der Waals surface area contributed by atoms with E-state index >= 15 is 0 Å². The monoisotopic (exact) mass is 489 g/mol. The number of nitrogen functional groups attached to an aromatic ring is 1. The van der Waals surface area contributed by atoms with Crippen LogP contribution in [0.4, 0.5) is 10.5 Å². The van der Waals surface area contributed by atoms with Gasteiger partial charge in [0.2, 0.25) is 0 Å². The Morgan fingerprint density at radius 1 is 1.06 bits per heavy atom. The summed E-state index contributed by atoms with van der Waals surface area (Å²) in [5.74, 6) is 0.870. The number of likely N-dealkylation sites (tertiary alicyclic amines) is 2. The Hall–Kier alpha value is -2.45. The highest BCUT2D eigenvalue weighted by Gasteiger charge is 2.29. The summed E-state index contributed by atoms with van der Waals surface area (Å²) in [6, 6.07) is 3.47. The fraction of sp³-hybridized carbons (Fsp3) is 0.600. The lowest BCUT2D eigenvalue weighted by Crippen LogP contribution is -2.49. The van der Waals surface area contributed by atoms with Crippen LogP contribution in [0.5, 0.6) is 5.75 Å². The zero-order chi connectivity index (χ0) is 24.1. The highest BCUT2D eigenvalue weighted by Crippen LogP contribution is 2.29. The fourth-order valence-electron chi connectivity index (χ4n) is 5.13. The number of nitrogens with one attached hydrogen (secondary N) is 1. The lowest BCUT2D eigenvalue weighted by atomic mass is 9.94. The minimum atomic E-state index is -0.182. The first-order valence-electron chi connectivity index (χ1n) is 12.3. The Morgan fingerprint density at radius 2 is 1.79 bits per heavy atom. The normalized spacial score (nSPS) is 20.4. The number of nitrogens with two attached hydrogens (primary N) is 1. The van der Waals surface area contributed by atoms with Gasteiger partial charge >= 0.3 is 6.03 Å². The molecule has 3 heterocycles. The standard InChI is InChI=1S/C25H36ClN5O3/c1-34-23-16-22(27)21(26)15-20(23)24(32)28-19-7-11-29(12-8-19)17-18-5-13-31(14-6-18)25(33)30-9-3-2-4-10-30/h2-3,15-16,18-19H,4-14,17,27H2,1H3,(H,28,32). The summed E-state index contributed by atoms with van der Waals surface area (Å²) in [6.45, 7) is 6.26. The molecule has 3 aliphatic rings. The van der Waals surface area contributed by atoms with Gasteiger partial charge in [0.1, 0.15) is 5.75 Å². The number of urea groups is 1. The zero-order valence-corrected chi connectivity index (χ0v) is 20.7. The first-order chi connectivity index (χ1) is 16.4. The summed E-state index contributed by atoms with van der Waals surface area (Å²) >= 11 is 6.11. The molecule has 2 fully saturated rings. The van der Waals surface area contributed by atoms with Crippen LogP contribution in [-0.4, -0.2) is 85.6 Å². The number of carbonyl (C=O) groups excluding carboxylic acids is 2. The van der Waals surface area contributed by atoms with Gasteiger partial charge in [0.15, 0.2) is 0 Å². The van der Waals surface area contributed by atoms with E-state index < -0.39 is 0 Å². The van der Waals surface area contributed by atoms with Gasteiger partial charge in [0.05, 0.1) is 23.4 Å². The van der Waals surface area contributed by atoms with E-state index in [1.54, 1.807) is 12.1 Å². The molecule has 1 aromatic rings. The third-order valence-corrected chi connectivity index (χ3v) is 7.54. The van der Waals surface area contributed by atoms with Crippen LogP contribution in [-0.2, 0) is 0 Å². The minimum Gasteiger partial charge on any atom is -0.496 e. The van der Waals surface area contributed by atoms with Gasteiger partial charge in [-0.25, -0.2) is 4.79 Å². The summed E-state index contributed by atoms with van der Waals surface area (Å²) in [5.41, 5.74) is 6.62.